The monoisotopic (exact) mass is 308 g/mol. The molecule has 0 atom stereocenters. The van der Waals surface area contributed by atoms with Crippen LogP contribution in [0.5, 0.6) is 5.75 Å². The average Bonchev–Trinajstić information content (AvgIpc) is 2.46. The topological polar surface area (TPSA) is 59.6 Å². The molecule has 124 valence electrons. The second-order valence-electron chi connectivity index (χ2n) is 5.65. The van der Waals surface area contributed by atoms with E-state index in [1.54, 1.807) is 0 Å². The number of amides is 2. The van der Waals surface area contributed by atoms with Gasteiger partial charge in [0.25, 0.3) is 0 Å². The van der Waals surface area contributed by atoms with E-state index in [0.29, 0.717) is 13.2 Å². The van der Waals surface area contributed by atoms with E-state index in [1.165, 1.54) is 5.56 Å². The van der Waals surface area contributed by atoms with Crippen molar-refractivity contribution in [3.63, 3.8) is 0 Å². The van der Waals surface area contributed by atoms with Crippen molar-refractivity contribution in [2.45, 2.75) is 47.1 Å². The molecule has 0 aromatic heterocycles. The number of nitrogens with one attached hydrogen (secondary N) is 2. The van der Waals surface area contributed by atoms with Gasteiger partial charge < -0.3 is 20.1 Å². The standard InChI is InChI=1S/C17H28N2O3/c1-12(2)21-10-6-9-18-17(20)19-11-22-16-14(4)8-7-13(3)15(16)5/h7-8,12H,6,9-11H2,1-5H3,(H2,18,19,20). The third-order valence-corrected chi connectivity index (χ3v) is 3.38. The van der Waals surface area contributed by atoms with Gasteiger partial charge in [-0.05, 0) is 57.7 Å². The van der Waals surface area contributed by atoms with Gasteiger partial charge in [-0.3, -0.25) is 0 Å². The van der Waals surface area contributed by atoms with Crippen LogP contribution in [-0.4, -0.2) is 32.0 Å². The van der Waals surface area contributed by atoms with Crippen LogP contribution in [0.3, 0.4) is 0 Å². The maximum absolute atomic E-state index is 11.6. The van der Waals surface area contributed by atoms with Crippen LogP contribution in [0.25, 0.3) is 0 Å². The fourth-order valence-corrected chi connectivity index (χ4v) is 1.98. The fraction of sp³-hybridized carbons (Fsp3) is 0.588. The van der Waals surface area contributed by atoms with Gasteiger partial charge in [-0.15, -0.1) is 0 Å². The summed E-state index contributed by atoms with van der Waals surface area (Å²) in [5.41, 5.74) is 3.35. The van der Waals surface area contributed by atoms with Gasteiger partial charge >= 0.3 is 6.03 Å². The number of carbonyl (C=O) groups is 1. The maximum Gasteiger partial charge on any atom is 0.317 e. The Morgan fingerprint density at radius 3 is 2.50 bits per heavy atom. The van der Waals surface area contributed by atoms with Crippen molar-refractivity contribution in [3.8, 4) is 5.75 Å². The Bertz CT molecular complexity index is 487. The highest BCUT2D eigenvalue weighted by molar-refractivity contribution is 5.73. The summed E-state index contributed by atoms with van der Waals surface area (Å²) >= 11 is 0. The molecule has 0 heterocycles. The Morgan fingerprint density at radius 1 is 1.14 bits per heavy atom. The number of rotatable bonds is 8. The summed E-state index contributed by atoms with van der Waals surface area (Å²) in [5.74, 6) is 0.839. The Balaban J connectivity index is 2.24. The van der Waals surface area contributed by atoms with Crippen molar-refractivity contribution in [2.75, 3.05) is 19.9 Å². The van der Waals surface area contributed by atoms with Gasteiger partial charge in [0.1, 0.15) is 5.75 Å². The zero-order chi connectivity index (χ0) is 16.5. The van der Waals surface area contributed by atoms with E-state index in [2.05, 4.69) is 16.7 Å². The maximum atomic E-state index is 11.6. The summed E-state index contributed by atoms with van der Waals surface area (Å²) in [6.07, 6.45) is 1.02. The highest BCUT2D eigenvalue weighted by atomic mass is 16.5. The van der Waals surface area contributed by atoms with E-state index in [-0.39, 0.29) is 18.9 Å². The lowest BCUT2D eigenvalue weighted by Crippen LogP contribution is -2.38. The van der Waals surface area contributed by atoms with Gasteiger partial charge in [0.2, 0.25) is 0 Å². The van der Waals surface area contributed by atoms with Crippen LogP contribution in [0.2, 0.25) is 0 Å². The third-order valence-electron chi connectivity index (χ3n) is 3.38. The van der Waals surface area contributed by atoms with E-state index in [0.717, 1.165) is 23.3 Å². The highest BCUT2D eigenvalue weighted by Crippen LogP contribution is 2.25. The zero-order valence-electron chi connectivity index (χ0n) is 14.3. The first-order valence-electron chi connectivity index (χ1n) is 7.74. The van der Waals surface area contributed by atoms with Gasteiger partial charge in [-0.25, -0.2) is 4.79 Å². The molecule has 2 N–H and O–H groups in total. The number of benzene rings is 1. The van der Waals surface area contributed by atoms with Gasteiger partial charge in [0, 0.05) is 13.2 Å². The molecule has 0 radical (unpaired) electrons. The van der Waals surface area contributed by atoms with Crippen LogP contribution >= 0.6 is 0 Å². The highest BCUT2D eigenvalue weighted by Gasteiger charge is 2.07. The molecule has 0 saturated carbocycles. The molecule has 0 unspecified atom stereocenters. The molecule has 1 aromatic rings. The normalized spacial score (nSPS) is 10.6. The van der Waals surface area contributed by atoms with Crippen LogP contribution in [-0.2, 0) is 4.74 Å². The number of hydrogen-bond donors (Lipinski definition) is 2. The molecule has 0 aliphatic rings. The lowest BCUT2D eigenvalue weighted by molar-refractivity contribution is 0.0774. The van der Waals surface area contributed by atoms with E-state index in [1.807, 2.05) is 40.7 Å². The van der Waals surface area contributed by atoms with Gasteiger partial charge in [-0.2, -0.15) is 0 Å². The van der Waals surface area contributed by atoms with Crippen LogP contribution in [0.1, 0.15) is 37.0 Å². The molecule has 0 spiro atoms. The minimum Gasteiger partial charge on any atom is -0.473 e. The first-order valence-corrected chi connectivity index (χ1v) is 7.74. The predicted molar refractivity (Wildman–Crippen MR) is 88.4 cm³/mol. The molecule has 0 bridgehead atoms. The van der Waals surface area contributed by atoms with Crippen molar-refractivity contribution in [3.05, 3.63) is 28.8 Å². The molecule has 1 rings (SSSR count). The van der Waals surface area contributed by atoms with E-state index >= 15 is 0 Å². The summed E-state index contributed by atoms with van der Waals surface area (Å²) in [7, 11) is 0. The molecular weight excluding hydrogens is 280 g/mol. The predicted octanol–water partition coefficient (Wildman–Crippen LogP) is 3.06. The van der Waals surface area contributed by atoms with Gasteiger partial charge in [0.15, 0.2) is 6.73 Å². The summed E-state index contributed by atoms with van der Waals surface area (Å²) in [6.45, 7) is 11.4. The second-order valence-corrected chi connectivity index (χ2v) is 5.65. The Labute approximate surface area is 133 Å². The molecule has 22 heavy (non-hydrogen) atoms. The first kappa shape index (κ1) is 18.3. The van der Waals surface area contributed by atoms with Crippen LogP contribution in [0, 0.1) is 20.8 Å². The summed E-state index contributed by atoms with van der Waals surface area (Å²) in [4.78, 5) is 11.6. The number of hydrogen-bond acceptors (Lipinski definition) is 3. The van der Waals surface area contributed by atoms with Crippen molar-refractivity contribution in [1.29, 1.82) is 0 Å². The Morgan fingerprint density at radius 2 is 1.82 bits per heavy atom. The summed E-state index contributed by atoms with van der Waals surface area (Å²) in [5, 5.41) is 5.46. The molecule has 0 aliphatic heterocycles. The van der Waals surface area contributed by atoms with E-state index in [9.17, 15) is 4.79 Å². The van der Waals surface area contributed by atoms with E-state index in [4.69, 9.17) is 9.47 Å². The summed E-state index contributed by atoms with van der Waals surface area (Å²) in [6, 6.07) is 3.86. The third kappa shape index (κ3) is 6.35. The smallest absolute Gasteiger partial charge is 0.317 e. The zero-order valence-corrected chi connectivity index (χ0v) is 14.3. The number of urea groups is 1. The molecular formula is C17H28N2O3. The Hall–Kier alpha value is -1.75. The Kier molecular flexibility index (Phi) is 7.74. The average molecular weight is 308 g/mol. The van der Waals surface area contributed by atoms with E-state index < -0.39 is 0 Å². The van der Waals surface area contributed by atoms with Crippen molar-refractivity contribution >= 4 is 6.03 Å². The molecule has 5 nitrogen and oxygen atoms in total. The molecule has 5 heteroatoms. The lowest BCUT2D eigenvalue weighted by Gasteiger charge is -2.14. The van der Waals surface area contributed by atoms with Crippen LogP contribution in [0.4, 0.5) is 4.79 Å². The summed E-state index contributed by atoms with van der Waals surface area (Å²) < 4.78 is 11.1. The van der Waals surface area contributed by atoms with Crippen molar-refractivity contribution in [1.82, 2.24) is 10.6 Å². The number of carbonyl (C=O) groups excluding carboxylic acids is 1. The SMILES string of the molecule is Cc1ccc(C)c(OCNC(=O)NCCCOC(C)C)c1C. The number of ether oxygens (including phenoxy) is 2. The quantitative estimate of drug-likeness (QED) is 0.573. The molecule has 1 aromatic carbocycles. The minimum absolute atomic E-state index is 0.152. The van der Waals surface area contributed by atoms with Crippen LogP contribution in [0.15, 0.2) is 12.1 Å². The first-order chi connectivity index (χ1) is 10.4. The minimum atomic E-state index is -0.229. The molecule has 0 saturated heterocycles. The molecule has 0 aliphatic carbocycles. The van der Waals surface area contributed by atoms with Crippen molar-refractivity contribution in [2.24, 2.45) is 0 Å². The molecule has 2 amide bonds. The van der Waals surface area contributed by atoms with Crippen molar-refractivity contribution < 1.29 is 14.3 Å². The fourth-order valence-electron chi connectivity index (χ4n) is 1.98. The second kappa shape index (κ2) is 9.30. The largest absolute Gasteiger partial charge is 0.473 e. The van der Waals surface area contributed by atoms with Crippen LogP contribution < -0.4 is 15.4 Å². The van der Waals surface area contributed by atoms with Gasteiger partial charge in [0.05, 0.1) is 6.10 Å². The molecule has 0 fully saturated rings. The lowest BCUT2D eigenvalue weighted by atomic mass is 10.1. The van der Waals surface area contributed by atoms with Gasteiger partial charge in [-0.1, -0.05) is 12.1 Å². The number of aryl methyl sites for hydroxylation is 2.